The SMILES string of the molecule is FC(F)(F)c1ncn[nH]1.c1cnccn1. The third-order valence-corrected chi connectivity index (χ3v) is 1.16. The first-order valence-corrected chi connectivity index (χ1v) is 3.73. The third kappa shape index (κ3) is 4.16. The van der Waals surface area contributed by atoms with Gasteiger partial charge in [0.1, 0.15) is 6.33 Å². The summed E-state index contributed by atoms with van der Waals surface area (Å²) in [5.41, 5.74) is 0. The lowest BCUT2D eigenvalue weighted by Gasteiger charge is -1.97. The van der Waals surface area contributed by atoms with Crippen molar-refractivity contribution in [3.63, 3.8) is 0 Å². The molecule has 0 aliphatic rings. The zero-order valence-corrected chi connectivity index (χ0v) is 7.31. The number of alkyl halides is 3. The van der Waals surface area contributed by atoms with Crippen molar-refractivity contribution in [2.24, 2.45) is 0 Å². The number of hydrogen-bond acceptors (Lipinski definition) is 4. The third-order valence-electron chi connectivity index (χ3n) is 1.16. The second-order valence-corrected chi connectivity index (χ2v) is 2.23. The van der Waals surface area contributed by atoms with Crippen LogP contribution in [0.5, 0.6) is 0 Å². The molecule has 15 heavy (non-hydrogen) atoms. The molecule has 0 bridgehead atoms. The number of aromatic amines is 1. The second-order valence-electron chi connectivity index (χ2n) is 2.23. The highest BCUT2D eigenvalue weighted by molar-refractivity contribution is 4.85. The Morgan fingerprint density at radius 2 is 1.53 bits per heavy atom. The first-order valence-electron chi connectivity index (χ1n) is 3.73. The van der Waals surface area contributed by atoms with Gasteiger partial charge in [0.25, 0.3) is 0 Å². The first-order chi connectivity index (χ1) is 7.11. The Labute approximate surface area is 82.4 Å². The van der Waals surface area contributed by atoms with E-state index in [4.69, 9.17) is 0 Å². The summed E-state index contributed by atoms with van der Waals surface area (Å²) in [5.74, 6) is -1.07. The molecule has 0 fully saturated rings. The molecule has 0 saturated heterocycles. The van der Waals surface area contributed by atoms with E-state index in [1.54, 1.807) is 29.9 Å². The van der Waals surface area contributed by atoms with Crippen LogP contribution in [0.3, 0.4) is 0 Å². The minimum atomic E-state index is -4.41. The molecule has 0 aromatic carbocycles. The Morgan fingerprint density at radius 1 is 1.00 bits per heavy atom. The fourth-order valence-corrected chi connectivity index (χ4v) is 0.595. The van der Waals surface area contributed by atoms with E-state index in [2.05, 4.69) is 20.1 Å². The van der Waals surface area contributed by atoms with Crippen LogP contribution >= 0.6 is 0 Å². The van der Waals surface area contributed by atoms with Gasteiger partial charge in [-0.3, -0.25) is 15.1 Å². The molecule has 0 aliphatic carbocycles. The number of nitrogens with zero attached hydrogens (tertiary/aromatic N) is 4. The van der Waals surface area contributed by atoms with Gasteiger partial charge in [-0.05, 0) is 0 Å². The van der Waals surface area contributed by atoms with Gasteiger partial charge in [-0.1, -0.05) is 0 Å². The van der Waals surface area contributed by atoms with Crippen molar-refractivity contribution in [3.8, 4) is 0 Å². The van der Waals surface area contributed by atoms with Crippen molar-refractivity contribution in [2.75, 3.05) is 0 Å². The molecular formula is C7H6F3N5. The van der Waals surface area contributed by atoms with Crippen molar-refractivity contribution in [1.82, 2.24) is 25.1 Å². The van der Waals surface area contributed by atoms with Crippen LogP contribution in [0.4, 0.5) is 13.2 Å². The minimum absolute atomic E-state index is 0.808. The van der Waals surface area contributed by atoms with E-state index < -0.39 is 12.0 Å². The van der Waals surface area contributed by atoms with Crippen LogP contribution in [0, 0.1) is 0 Å². The standard InChI is InChI=1S/C4H4N2.C3H2F3N3/c1-2-6-4-3-5-1;4-3(5,6)2-7-1-8-9-2/h1-4H;1H,(H,7,8,9). The number of H-pyrrole nitrogens is 1. The topological polar surface area (TPSA) is 67.3 Å². The molecule has 0 unspecified atom stereocenters. The fourth-order valence-electron chi connectivity index (χ4n) is 0.595. The Hall–Kier alpha value is -1.99. The summed E-state index contributed by atoms with van der Waals surface area (Å²) >= 11 is 0. The molecule has 0 atom stereocenters. The van der Waals surface area contributed by atoms with Crippen molar-refractivity contribution in [2.45, 2.75) is 6.18 Å². The second kappa shape index (κ2) is 5.03. The molecule has 80 valence electrons. The van der Waals surface area contributed by atoms with Gasteiger partial charge >= 0.3 is 6.18 Å². The zero-order valence-electron chi connectivity index (χ0n) is 7.31. The molecule has 2 rings (SSSR count). The highest BCUT2D eigenvalue weighted by Crippen LogP contribution is 2.24. The van der Waals surface area contributed by atoms with E-state index in [0.717, 1.165) is 6.33 Å². The zero-order chi connectivity index (χ0) is 11.1. The predicted octanol–water partition coefficient (Wildman–Crippen LogP) is 1.30. The quantitative estimate of drug-likeness (QED) is 0.722. The molecule has 2 aromatic rings. The maximum Gasteiger partial charge on any atom is 0.451 e. The van der Waals surface area contributed by atoms with E-state index in [-0.39, 0.29) is 0 Å². The van der Waals surface area contributed by atoms with Gasteiger partial charge in [-0.15, -0.1) is 0 Å². The van der Waals surface area contributed by atoms with Crippen LogP contribution in [0.1, 0.15) is 5.82 Å². The maximum absolute atomic E-state index is 11.5. The molecule has 5 nitrogen and oxygen atoms in total. The summed E-state index contributed by atoms with van der Waals surface area (Å²) in [6.07, 6.45) is 2.96. The Morgan fingerprint density at radius 3 is 1.73 bits per heavy atom. The van der Waals surface area contributed by atoms with Gasteiger partial charge in [0.2, 0.25) is 5.82 Å². The predicted molar refractivity (Wildman–Crippen MR) is 43.4 cm³/mol. The van der Waals surface area contributed by atoms with Gasteiger partial charge in [0.05, 0.1) is 0 Å². The van der Waals surface area contributed by atoms with Crippen LogP contribution in [0.25, 0.3) is 0 Å². The number of aromatic nitrogens is 5. The van der Waals surface area contributed by atoms with E-state index in [9.17, 15) is 13.2 Å². The molecular weight excluding hydrogens is 211 g/mol. The lowest BCUT2D eigenvalue weighted by Crippen LogP contribution is -2.06. The summed E-state index contributed by atoms with van der Waals surface area (Å²) in [7, 11) is 0. The molecule has 2 aromatic heterocycles. The summed E-state index contributed by atoms with van der Waals surface area (Å²) in [5, 5.41) is 4.72. The molecule has 8 heteroatoms. The van der Waals surface area contributed by atoms with Gasteiger partial charge in [0, 0.05) is 24.8 Å². The molecule has 0 spiro atoms. The molecule has 0 amide bonds. The van der Waals surface area contributed by atoms with Crippen molar-refractivity contribution in [1.29, 1.82) is 0 Å². The average Bonchev–Trinajstić information content (AvgIpc) is 2.73. The van der Waals surface area contributed by atoms with Crippen LogP contribution < -0.4 is 0 Å². The normalized spacial score (nSPS) is 10.3. The van der Waals surface area contributed by atoms with Crippen LogP contribution in [-0.2, 0) is 6.18 Å². The Balaban J connectivity index is 0.000000162. The van der Waals surface area contributed by atoms with E-state index in [1.165, 1.54) is 0 Å². The summed E-state index contributed by atoms with van der Waals surface area (Å²) in [6, 6.07) is 0. The average molecular weight is 217 g/mol. The van der Waals surface area contributed by atoms with Gasteiger partial charge < -0.3 is 0 Å². The smallest absolute Gasteiger partial charge is 0.262 e. The van der Waals surface area contributed by atoms with E-state index in [1.807, 2.05) is 0 Å². The van der Waals surface area contributed by atoms with E-state index in [0.29, 0.717) is 0 Å². The molecule has 2 heterocycles. The van der Waals surface area contributed by atoms with Crippen LogP contribution in [0.2, 0.25) is 0 Å². The number of halogens is 3. The van der Waals surface area contributed by atoms with E-state index >= 15 is 0 Å². The van der Waals surface area contributed by atoms with Crippen molar-refractivity contribution >= 4 is 0 Å². The number of nitrogens with one attached hydrogen (secondary N) is 1. The monoisotopic (exact) mass is 217 g/mol. The fraction of sp³-hybridized carbons (Fsp3) is 0.143. The highest BCUT2D eigenvalue weighted by atomic mass is 19.4. The summed E-state index contributed by atoms with van der Waals surface area (Å²) < 4.78 is 34.5. The number of hydrogen-bond donors (Lipinski definition) is 1. The Kier molecular flexibility index (Phi) is 3.72. The maximum atomic E-state index is 11.5. The van der Waals surface area contributed by atoms with Gasteiger partial charge in [0.15, 0.2) is 0 Å². The Bertz CT molecular complexity index is 331. The number of rotatable bonds is 0. The van der Waals surface area contributed by atoms with Crippen LogP contribution in [0.15, 0.2) is 31.1 Å². The summed E-state index contributed by atoms with van der Waals surface area (Å²) in [6.45, 7) is 0. The minimum Gasteiger partial charge on any atom is -0.262 e. The van der Waals surface area contributed by atoms with Crippen LogP contribution in [-0.4, -0.2) is 25.1 Å². The lowest BCUT2D eigenvalue weighted by atomic mass is 10.6. The van der Waals surface area contributed by atoms with Crippen molar-refractivity contribution < 1.29 is 13.2 Å². The largest absolute Gasteiger partial charge is 0.451 e. The van der Waals surface area contributed by atoms with Gasteiger partial charge in [-0.2, -0.15) is 18.3 Å². The first kappa shape index (κ1) is 11.1. The summed E-state index contributed by atoms with van der Waals surface area (Å²) in [4.78, 5) is 10.3. The molecule has 0 saturated carbocycles. The van der Waals surface area contributed by atoms with Gasteiger partial charge in [-0.25, -0.2) is 4.98 Å². The lowest BCUT2D eigenvalue weighted by molar-refractivity contribution is -0.144. The molecule has 0 aliphatic heterocycles. The molecule has 0 radical (unpaired) electrons. The molecule has 1 N–H and O–H groups in total. The van der Waals surface area contributed by atoms with Crippen molar-refractivity contribution in [3.05, 3.63) is 36.9 Å². The highest BCUT2D eigenvalue weighted by Gasteiger charge is 2.33.